The van der Waals surface area contributed by atoms with Crippen molar-refractivity contribution in [1.29, 1.82) is 0 Å². The molecule has 0 bridgehead atoms. The number of nitrogens with one attached hydrogen (secondary N) is 1. The Balaban J connectivity index is 1.62. The largest absolute Gasteiger partial charge is 0.337 e. The Bertz CT molecular complexity index is 837. The van der Waals surface area contributed by atoms with Crippen molar-refractivity contribution < 1.29 is 4.52 Å². The second-order valence-corrected chi connectivity index (χ2v) is 6.90. The number of fused-ring (bicyclic) bond motifs is 1. The highest BCUT2D eigenvalue weighted by Gasteiger charge is 2.22. The Kier molecular flexibility index (Phi) is 4.12. The van der Waals surface area contributed by atoms with Gasteiger partial charge in [-0.3, -0.25) is 4.68 Å². The Hall–Kier alpha value is -2.48. The summed E-state index contributed by atoms with van der Waals surface area (Å²) in [7, 11) is 0. The number of rotatable bonds is 5. The summed E-state index contributed by atoms with van der Waals surface area (Å²) in [6, 6.07) is 2.00. The van der Waals surface area contributed by atoms with E-state index in [0.717, 1.165) is 43.4 Å². The maximum Gasteiger partial charge on any atom is 0.249 e. The summed E-state index contributed by atoms with van der Waals surface area (Å²) in [6.07, 6.45) is 4.53. The fraction of sp³-hybridized carbons (Fsp3) is 0.529. The third kappa shape index (κ3) is 3.09. The third-order valence-corrected chi connectivity index (χ3v) is 4.42. The number of hydrogen-bond donors (Lipinski definition) is 1. The van der Waals surface area contributed by atoms with Crippen molar-refractivity contribution in [2.45, 2.75) is 46.3 Å². The van der Waals surface area contributed by atoms with Gasteiger partial charge in [0.05, 0.1) is 12.2 Å². The Morgan fingerprint density at radius 2 is 2.20 bits per heavy atom. The van der Waals surface area contributed by atoms with Crippen LogP contribution in [0.15, 0.2) is 23.0 Å². The summed E-state index contributed by atoms with van der Waals surface area (Å²) < 4.78 is 9.56. The van der Waals surface area contributed by atoms with Gasteiger partial charge in [-0.2, -0.15) is 10.1 Å². The standard InChI is InChI=1S/C17H23N7O/c1-11(2)8-15-20-17(25-22-15)12(3)23-6-5-19-16(23)14-9-13-10-18-4-7-24(13)21-14/h5-6,9,11-12,18H,4,7-8,10H2,1-3H3/t12-/m0/s1. The van der Waals surface area contributed by atoms with Crippen LogP contribution in [0.1, 0.15) is 44.2 Å². The SMILES string of the molecule is CC(C)Cc1noc([C@H](C)n2ccnc2-c2cc3n(n2)CCNC3)n1. The molecule has 0 amide bonds. The van der Waals surface area contributed by atoms with E-state index in [0.29, 0.717) is 11.8 Å². The first-order chi connectivity index (χ1) is 12.1. The molecule has 1 atom stereocenters. The molecule has 0 saturated carbocycles. The Labute approximate surface area is 146 Å². The molecule has 8 heteroatoms. The molecule has 8 nitrogen and oxygen atoms in total. The van der Waals surface area contributed by atoms with E-state index in [-0.39, 0.29) is 6.04 Å². The zero-order valence-electron chi connectivity index (χ0n) is 14.8. The summed E-state index contributed by atoms with van der Waals surface area (Å²) in [5, 5.41) is 12.2. The predicted molar refractivity (Wildman–Crippen MR) is 91.8 cm³/mol. The van der Waals surface area contributed by atoms with Crippen LogP contribution in [0.25, 0.3) is 11.5 Å². The van der Waals surface area contributed by atoms with Crippen LogP contribution in [0, 0.1) is 5.92 Å². The fourth-order valence-corrected chi connectivity index (χ4v) is 3.13. The van der Waals surface area contributed by atoms with E-state index in [2.05, 4.69) is 40.4 Å². The lowest BCUT2D eigenvalue weighted by molar-refractivity contribution is 0.341. The molecule has 0 aromatic carbocycles. The molecule has 1 N–H and O–H groups in total. The van der Waals surface area contributed by atoms with Gasteiger partial charge in [-0.25, -0.2) is 4.98 Å². The average molecular weight is 341 g/mol. The number of aromatic nitrogens is 6. The van der Waals surface area contributed by atoms with Crippen LogP contribution in [0.2, 0.25) is 0 Å². The van der Waals surface area contributed by atoms with Gasteiger partial charge in [-0.05, 0) is 18.9 Å². The van der Waals surface area contributed by atoms with Crippen LogP contribution in [0.3, 0.4) is 0 Å². The highest BCUT2D eigenvalue weighted by molar-refractivity contribution is 5.51. The van der Waals surface area contributed by atoms with E-state index in [4.69, 9.17) is 9.62 Å². The maximum absolute atomic E-state index is 5.48. The van der Waals surface area contributed by atoms with E-state index in [1.807, 2.05) is 22.4 Å². The van der Waals surface area contributed by atoms with Gasteiger partial charge in [0, 0.05) is 31.9 Å². The van der Waals surface area contributed by atoms with Gasteiger partial charge < -0.3 is 14.4 Å². The lowest BCUT2D eigenvalue weighted by Gasteiger charge is -2.13. The van der Waals surface area contributed by atoms with Gasteiger partial charge in [-0.15, -0.1) is 0 Å². The van der Waals surface area contributed by atoms with Gasteiger partial charge in [0.2, 0.25) is 5.89 Å². The normalized spacial score (nSPS) is 15.5. The van der Waals surface area contributed by atoms with Crippen molar-refractivity contribution in [2.24, 2.45) is 5.92 Å². The molecule has 25 heavy (non-hydrogen) atoms. The minimum absolute atomic E-state index is 0.0947. The molecule has 1 aliphatic heterocycles. The number of nitrogens with zero attached hydrogens (tertiary/aromatic N) is 6. The molecular weight excluding hydrogens is 318 g/mol. The summed E-state index contributed by atoms with van der Waals surface area (Å²) in [5.74, 6) is 2.66. The van der Waals surface area contributed by atoms with E-state index in [1.165, 1.54) is 5.69 Å². The second kappa shape index (κ2) is 6.44. The third-order valence-electron chi connectivity index (χ3n) is 4.42. The van der Waals surface area contributed by atoms with Crippen LogP contribution >= 0.6 is 0 Å². The Morgan fingerprint density at radius 1 is 1.32 bits per heavy atom. The molecule has 4 rings (SSSR count). The Morgan fingerprint density at radius 3 is 3.00 bits per heavy atom. The maximum atomic E-state index is 5.48. The van der Waals surface area contributed by atoms with Crippen molar-refractivity contribution in [3.8, 4) is 11.5 Å². The zero-order valence-corrected chi connectivity index (χ0v) is 14.8. The molecule has 0 unspecified atom stereocenters. The molecule has 3 aromatic rings. The fourth-order valence-electron chi connectivity index (χ4n) is 3.13. The van der Waals surface area contributed by atoms with Gasteiger partial charge in [-0.1, -0.05) is 19.0 Å². The molecule has 0 aliphatic carbocycles. The molecule has 132 valence electrons. The lowest BCUT2D eigenvalue weighted by atomic mass is 10.1. The first kappa shape index (κ1) is 16.0. The van der Waals surface area contributed by atoms with Crippen LogP contribution in [0.5, 0.6) is 0 Å². The molecule has 4 heterocycles. The van der Waals surface area contributed by atoms with Crippen LogP contribution in [-0.2, 0) is 19.5 Å². The van der Waals surface area contributed by atoms with Crippen LogP contribution in [0.4, 0.5) is 0 Å². The highest BCUT2D eigenvalue weighted by atomic mass is 16.5. The van der Waals surface area contributed by atoms with Crippen molar-refractivity contribution in [3.05, 3.63) is 35.9 Å². The van der Waals surface area contributed by atoms with Gasteiger partial charge in [0.1, 0.15) is 11.7 Å². The monoisotopic (exact) mass is 341 g/mol. The van der Waals surface area contributed by atoms with E-state index >= 15 is 0 Å². The lowest BCUT2D eigenvalue weighted by Crippen LogP contribution is -2.28. The molecule has 0 radical (unpaired) electrons. The second-order valence-electron chi connectivity index (χ2n) is 6.90. The first-order valence-electron chi connectivity index (χ1n) is 8.75. The minimum atomic E-state index is -0.0947. The summed E-state index contributed by atoms with van der Waals surface area (Å²) in [5.41, 5.74) is 2.05. The average Bonchev–Trinajstić information content (AvgIpc) is 3.31. The molecule has 0 fully saturated rings. The summed E-state index contributed by atoms with van der Waals surface area (Å²) >= 11 is 0. The van der Waals surface area contributed by atoms with E-state index in [9.17, 15) is 0 Å². The van der Waals surface area contributed by atoms with Gasteiger partial charge in [0.25, 0.3) is 0 Å². The molecule has 3 aromatic heterocycles. The molecule has 0 spiro atoms. The molecule has 1 aliphatic rings. The minimum Gasteiger partial charge on any atom is -0.337 e. The summed E-state index contributed by atoms with van der Waals surface area (Å²) in [6.45, 7) is 8.99. The number of imidazole rings is 1. The molecule has 0 saturated heterocycles. The van der Waals surface area contributed by atoms with Crippen molar-refractivity contribution in [2.75, 3.05) is 6.54 Å². The molecular formula is C17H23N7O. The van der Waals surface area contributed by atoms with E-state index < -0.39 is 0 Å². The quantitative estimate of drug-likeness (QED) is 0.764. The highest BCUT2D eigenvalue weighted by Crippen LogP contribution is 2.25. The smallest absolute Gasteiger partial charge is 0.249 e. The van der Waals surface area contributed by atoms with Gasteiger partial charge >= 0.3 is 0 Å². The topological polar surface area (TPSA) is 86.6 Å². The van der Waals surface area contributed by atoms with Crippen LogP contribution in [-0.4, -0.2) is 36.0 Å². The number of hydrogen-bond acceptors (Lipinski definition) is 6. The van der Waals surface area contributed by atoms with Crippen molar-refractivity contribution in [3.63, 3.8) is 0 Å². The summed E-state index contributed by atoms with van der Waals surface area (Å²) in [4.78, 5) is 9.05. The predicted octanol–water partition coefficient (Wildman–Crippen LogP) is 2.04. The van der Waals surface area contributed by atoms with Crippen LogP contribution < -0.4 is 5.32 Å². The van der Waals surface area contributed by atoms with Crippen molar-refractivity contribution in [1.82, 2.24) is 34.8 Å². The first-order valence-corrected chi connectivity index (χ1v) is 8.75. The van der Waals surface area contributed by atoms with Crippen molar-refractivity contribution >= 4 is 0 Å². The van der Waals surface area contributed by atoms with Gasteiger partial charge in [0.15, 0.2) is 11.6 Å². The van der Waals surface area contributed by atoms with E-state index in [1.54, 1.807) is 6.20 Å². The zero-order chi connectivity index (χ0) is 17.4.